The lowest BCUT2D eigenvalue weighted by atomic mass is 9.82. The van der Waals surface area contributed by atoms with Gasteiger partial charge in [-0.3, -0.25) is 19.7 Å². The van der Waals surface area contributed by atoms with Crippen LogP contribution in [-0.2, 0) is 0 Å². The maximum absolute atomic E-state index is 12.5. The number of benzene rings is 2. The molecular formula is C14H6ClNO6. The Balaban J connectivity index is 2.50. The third kappa shape index (κ3) is 1.63. The minimum atomic E-state index is -1.01. The molecule has 0 amide bonds. The Morgan fingerprint density at radius 1 is 0.955 bits per heavy atom. The molecule has 7 nitrogen and oxygen atoms in total. The van der Waals surface area contributed by atoms with E-state index in [-0.39, 0.29) is 11.1 Å². The van der Waals surface area contributed by atoms with Crippen LogP contribution >= 0.6 is 11.6 Å². The molecule has 0 bridgehead atoms. The largest absolute Gasteiger partial charge is 0.504 e. The summed E-state index contributed by atoms with van der Waals surface area (Å²) in [7, 11) is 0. The second-order valence-corrected chi connectivity index (χ2v) is 4.95. The number of hydrogen-bond acceptors (Lipinski definition) is 6. The summed E-state index contributed by atoms with van der Waals surface area (Å²) < 4.78 is 0. The van der Waals surface area contributed by atoms with Crippen molar-refractivity contribution in [3.05, 3.63) is 61.7 Å². The number of nitro groups is 1. The Morgan fingerprint density at radius 3 is 1.95 bits per heavy atom. The van der Waals surface area contributed by atoms with E-state index < -0.39 is 49.8 Å². The predicted octanol–water partition coefficient (Wildman–Crippen LogP) is 2.43. The van der Waals surface area contributed by atoms with Gasteiger partial charge in [0.2, 0.25) is 5.78 Å². The number of nitrogens with zero attached hydrogens (tertiary/aromatic N) is 1. The standard InChI is InChI=1S/C14H6ClNO6/c15-9-10(16(21)22)7-8(13(19)14(9)20)12(18)6-4-2-1-3-5(6)11(7)17/h1-4,19-20H. The van der Waals surface area contributed by atoms with Crippen LogP contribution in [0.15, 0.2) is 24.3 Å². The van der Waals surface area contributed by atoms with Gasteiger partial charge >= 0.3 is 5.69 Å². The van der Waals surface area contributed by atoms with E-state index in [2.05, 4.69) is 0 Å². The van der Waals surface area contributed by atoms with E-state index in [1.54, 1.807) is 0 Å². The number of phenols is 2. The minimum absolute atomic E-state index is 0.00804. The quantitative estimate of drug-likeness (QED) is 0.404. The van der Waals surface area contributed by atoms with E-state index >= 15 is 0 Å². The SMILES string of the molecule is O=C1c2ccccc2C(=O)c2c1c(O)c(O)c(Cl)c2[N+](=O)[O-]. The first kappa shape index (κ1) is 14.0. The van der Waals surface area contributed by atoms with Crippen molar-refractivity contribution in [3.8, 4) is 11.5 Å². The molecule has 1 aliphatic rings. The molecule has 0 heterocycles. The average Bonchev–Trinajstić information content (AvgIpc) is 2.49. The Hall–Kier alpha value is -2.93. The second kappa shape index (κ2) is 4.54. The van der Waals surface area contributed by atoms with E-state index in [1.807, 2.05) is 0 Å². The molecule has 2 aromatic carbocycles. The van der Waals surface area contributed by atoms with Crippen molar-refractivity contribution in [2.24, 2.45) is 0 Å². The maximum Gasteiger partial charge on any atom is 0.303 e. The smallest absolute Gasteiger partial charge is 0.303 e. The lowest BCUT2D eigenvalue weighted by Gasteiger charge is -2.19. The Kier molecular flexibility index (Phi) is 2.89. The number of phenolic OH excluding ortho intramolecular Hbond substituents is 2. The lowest BCUT2D eigenvalue weighted by molar-refractivity contribution is -0.385. The molecule has 22 heavy (non-hydrogen) atoms. The molecule has 3 rings (SSSR count). The summed E-state index contributed by atoms with van der Waals surface area (Å²) in [5.41, 5.74) is -2.17. The molecule has 0 aromatic heterocycles. The number of halogens is 1. The van der Waals surface area contributed by atoms with Gasteiger partial charge in [-0.15, -0.1) is 0 Å². The molecule has 110 valence electrons. The van der Waals surface area contributed by atoms with Crippen molar-refractivity contribution in [2.45, 2.75) is 0 Å². The number of aromatic hydroxyl groups is 2. The van der Waals surface area contributed by atoms with Crippen molar-refractivity contribution >= 4 is 28.9 Å². The number of nitro benzene ring substituents is 1. The maximum atomic E-state index is 12.5. The second-order valence-electron chi connectivity index (χ2n) is 4.57. The first-order valence-corrected chi connectivity index (χ1v) is 6.34. The molecule has 8 heteroatoms. The highest BCUT2D eigenvalue weighted by molar-refractivity contribution is 6.38. The number of carbonyl (C=O) groups is 2. The van der Waals surface area contributed by atoms with Crippen LogP contribution in [0.25, 0.3) is 0 Å². The van der Waals surface area contributed by atoms with E-state index in [4.69, 9.17) is 11.6 Å². The number of ketones is 2. The Morgan fingerprint density at radius 2 is 1.45 bits per heavy atom. The highest BCUT2D eigenvalue weighted by atomic mass is 35.5. The third-order valence-corrected chi connectivity index (χ3v) is 3.77. The first-order chi connectivity index (χ1) is 10.4. The molecule has 2 N–H and O–H groups in total. The molecule has 0 atom stereocenters. The fourth-order valence-corrected chi connectivity index (χ4v) is 2.70. The van der Waals surface area contributed by atoms with Crippen molar-refractivity contribution in [1.29, 1.82) is 0 Å². The zero-order valence-corrected chi connectivity index (χ0v) is 11.4. The fourth-order valence-electron chi connectivity index (χ4n) is 2.44. The van der Waals surface area contributed by atoms with Crippen LogP contribution in [0.3, 0.4) is 0 Å². The molecule has 0 saturated carbocycles. The molecule has 0 aliphatic heterocycles. The minimum Gasteiger partial charge on any atom is -0.504 e. The topological polar surface area (TPSA) is 118 Å². The van der Waals surface area contributed by atoms with E-state index in [9.17, 15) is 29.9 Å². The summed E-state index contributed by atoms with van der Waals surface area (Å²) in [4.78, 5) is 35.1. The van der Waals surface area contributed by atoms with Gasteiger partial charge in [-0.05, 0) is 0 Å². The van der Waals surface area contributed by atoms with Gasteiger partial charge in [-0.2, -0.15) is 0 Å². The van der Waals surface area contributed by atoms with E-state index in [0.717, 1.165) is 0 Å². The number of rotatable bonds is 1. The molecule has 0 spiro atoms. The molecule has 0 fully saturated rings. The summed E-state index contributed by atoms with van der Waals surface area (Å²) in [6, 6.07) is 5.72. The summed E-state index contributed by atoms with van der Waals surface area (Å²) in [6.45, 7) is 0. The molecule has 0 saturated heterocycles. The van der Waals surface area contributed by atoms with Crippen LogP contribution in [-0.4, -0.2) is 26.7 Å². The van der Waals surface area contributed by atoms with Gasteiger partial charge in [-0.25, -0.2) is 0 Å². The monoisotopic (exact) mass is 319 g/mol. The van der Waals surface area contributed by atoms with Crippen molar-refractivity contribution in [2.75, 3.05) is 0 Å². The highest BCUT2D eigenvalue weighted by Crippen LogP contribution is 2.48. The van der Waals surface area contributed by atoms with Gasteiger partial charge in [0.25, 0.3) is 0 Å². The first-order valence-electron chi connectivity index (χ1n) is 5.96. The Bertz CT molecular complexity index is 889. The van der Waals surface area contributed by atoms with E-state index in [1.165, 1.54) is 24.3 Å². The number of hydrogen-bond donors (Lipinski definition) is 2. The summed E-state index contributed by atoms with van der Waals surface area (Å²) >= 11 is 5.66. The molecule has 0 unspecified atom stereocenters. The zero-order valence-electron chi connectivity index (χ0n) is 10.7. The van der Waals surface area contributed by atoms with Crippen LogP contribution in [0.5, 0.6) is 11.5 Å². The van der Waals surface area contributed by atoms with Gasteiger partial charge in [0, 0.05) is 11.1 Å². The van der Waals surface area contributed by atoms with Crippen LogP contribution < -0.4 is 0 Å². The summed E-state index contributed by atoms with van der Waals surface area (Å²) in [5.74, 6) is -3.56. The number of fused-ring (bicyclic) bond motifs is 2. The lowest BCUT2D eigenvalue weighted by Crippen LogP contribution is -2.22. The van der Waals surface area contributed by atoms with Crippen LogP contribution in [0, 0.1) is 10.1 Å². The fraction of sp³-hybridized carbons (Fsp3) is 0. The van der Waals surface area contributed by atoms with Crippen LogP contribution in [0.1, 0.15) is 31.8 Å². The predicted molar refractivity (Wildman–Crippen MR) is 74.7 cm³/mol. The molecule has 2 aromatic rings. The molecule has 0 radical (unpaired) electrons. The summed E-state index contributed by atoms with van der Waals surface area (Å²) in [5, 5.41) is 30.0. The summed E-state index contributed by atoms with van der Waals surface area (Å²) in [6.07, 6.45) is 0. The molecule has 1 aliphatic carbocycles. The van der Waals surface area contributed by atoms with Gasteiger partial charge in [0.15, 0.2) is 22.3 Å². The van der Waals surface area contributed by atoms with Gasteiger partial charge in [0.05, 0.1) is 10.5 Å². The van der Waals surface area contributed by atoms with Gasteiger partial charge in [0.1, 0.15) is 5.56 Å². The highest BCUT2D eigenvalue weighted by Gasteiger charge is 2.41. The average molecular weight is 320 g/mol. The normalized spacial score (nSPS) is 12.8. The van der Waals surface area contributed by atoms with Crippen molar-refractivity contribution in [1.82, 2.24) is 0 Å². The van der Waals surface area contributed by atoms with Crippen LogP contribution in [0.2, 0.25) is 5.02 Å². The van der Waals surface area contributed by atoms with Crippen LogP contribution in [0.4, 0.5) is 5.69 Å². The van der Waals surface area contributed by atoms with E-state index in [0.29, 0.717) is 0 Å². The van der Waals surface area contributed by atoms with Crippen molar-refractivity contribution < 1.29 is 24.7 Å². The van der Waals surface area contributed by atoms with Gasteiger partial charge < -0.3 is 10.2 Å². The Labute approximate surface area is 127 Å². The van der Waals surface area contributed by atoms with Gasteiger partial charge in [-0.1, -0.05) is 35.9 Å². The third-order valence-electron chi connectivity index (χ3n) is 3.42. The van der Waals surface area contributed by atoms with Crippen molar-refractivity contribution in [3.63, 3.8) is 0 Å². The number of carbonyl (C=O) groups excluding carboxylic acids is 2. The molecular weight excluding hydrogens is 314 g/mol. The zero-order chi connectivity index (χ0) is 16.2.